The third kappa shape index (κ3) is 3.78. The molecule has 0 heterocycles. The van der Waals surface area contributed by atoms with Crippen LogP contribution in [-0.4, -0.2) is 11.7 Å². The number of rotatable bonds is 5. The molecule has 1 N–H and O–H groups in total. The molecule has 0 unspecified atom stereocenters. The molecule has 21 heavy (non-hydrogen) atoms. The molecule has 2 aromatic rings. The predicted molar refractivity (Wildman–Crippen MR) is 84.6 cm³/mol. The zero-order chi connectivity index (χ0) is 15.2. The van der Waals surface area contributed by atoms with Gasteiger partial charge in [-0.15, -0.1) is 0 Å². The van der Waals surface area contributed by atoms with Crippen molar-refractivity contribution in [2.45, 2.75) is 26.2 Å². The van der Waals surface area contributed by atoms with Gasteiger partial charge in [0.25, 0.3) is 0 Å². The molecule has 0 fully saturated rings. The molecule has 0 aromatic heterocycles. The van der Waals surface area contributed by atoms with Crippen LogP contribution in [0.2, 0.25) is 0 Å². The number of amides is 1. The summed E-state index contributed by atoms with van der Waals surface area (Å²) < 4.78 is 0. The molecule has 108 valence electrons. The lowest BCUT2D eigenvalue weighted by molar-refractivity contribution is -0.117. The fourth-order valence-electron chi connectivity index (χ4n) is 2.30. The first kappa shape index (κ1) is 15.0. The number of hydrogen-bond acceptors (Lipinski definition) is 2. The van der Waals surface area contributed by atoms with Crippen LogP contribution in [0.25, 0.3) is 0 Å². The highest BCUT2D eigenvalue weighted by Crippen LogP contribution is 2.22. The van der Waals surface area contributed by atoms with Gasteiger partial charge in [0.1, 0.15) is 0 Å². The fraction of sp³-hybridized carbons (Fsp3) is 0.222. The smallest absolute Gasteiger partial charge is 0.231 e. The first-order chi connectivity index (χ1) is 10.1. The molecule has 2 aromatic carbocycles. The van der Waals surface area contributed by atoms with Crippen LogP contribution >= 0.6 is 0 Å². The minimum absolute atomic E-state index is 0.0128. The summed E-state index contributed by atoms with van der Waals surface area (Å²) in [5.41, 5.74) is 2.25. The van der Waals surface area contributed by atoms with Crippen LogP contribution in [0.4, 0.5) is 5.69 Å². The second kappa shape index (κ2) is 6.84. The standard InChI is InChI=1S/C18H19NO2/c1-3-17(14-8-5-4-6-9-14)18(21)19-16-11-7-10-15(12-16)13(2)20/h4-12,17H,3H2,1-2H3,(H,19,21)/t17-/m1/s1. The predicted octanol–water partition coefficient (Wildman–Crippen LogP) is 4.02. The molecule has 3 nitrogen and oxygen atoms in total. The molecule has 3 heteroatoms. The van der Waals surface area contributed by atoms with Crippen molar-refractivity contribution in [1.29, 1.82) is 0 Å². The summed E-state index contributed by atoms with van der Waals surface area (Å²) in [7, 11) is 0. The highest BCUT2D eigenvalue weighted by molar-refractivity contribution is 5.98. The third-order valence-electron chi connectivity index (χ3n) is 3.46. The van der Waals surface area contributed by atoms with Gasteiger partial charge in [0.2, 0.25) is 5.91 Å². The van der Waals surface area contributed by atoms with E-state index in [4.69, 9.17) is 0 Å². The Morgan fingerprint density at radius 3 is 2.38 bits per heavy atom. The van der Waals surface area contributed by atoms with Gasteiger partial charge in [-0.3, -0.25) is 9.59 Å². The van der Waals surface area contributed by atoms with Crippen molar-refractivity contribution < 1.29 is 9.59 Å². The Bertz CT molecular complexity index is 635. The zero-order valence-electron chi connectivity index (χ0n) is 12.3. The Labute approximate surface area is 125 Å². The summed E-state index contributed by atoms with van der Waals surface area (Å²) in [6.07, 6.45) is 0.724. The van der Waals surface area contributed by atoms with E-state index in [9.17, 15) is 9.59 Å². The van der Waals surface area contributed by atoms with Crippen molar-refractivity contribution in [3.05, 3.63) is 65.7 Å². The summed E-state index contributed by atoms with van der Waals surface area (Å²) in [6, 6.07) is 16.7. The number of hydrogen-bond donors (Lipinski definition) is 1. The van der Waals surface area contributed by atoms with Gasteiger partial charge in [-0.1, -0.05) is 49.4 Å². The molecular formula is C18H19NO2. The molecule has 0 saturated heterocycles. The molecule has 0 aliphatic carbocycles. The average Bonchev–Trinajstić information content (AvgIpc) is 2.49. The number of carbonyl (C=O) groups is 2. The van der Waals surface area contributed by atoms with Crippen LogP contribution in [-0.2, 0) is 4.79 Å². The number of benzene rings is 2. The van der Waals surface area contributed by atoms with Gasteiger partial charge in [-0.05, 0) is 31.0 Å². The maximum atomic E-state index is 12.4. The molecule has 0 bridgehead atoms. The number of Topliss-reactive ketones (excluding diaryl/α,β-unsaturated/α-hetero) is 1. The topological polar surface area (TPSA) is 46.2 Å². The summed E-state index contributed by atoms with van der Waals surface area (Å²) >= 11 is 0. The highest BCUT2D eigenvalue weighted by Gasteiger charge is 2.18. The SMILES string of the molecule is CC[C@@H](C(=O)Nc1cccc(C(C)=O)c1)c1ccccc1. The Hall–Kier alpha value is -2.42. The van der Waals surface area contributed by atoms with Crippen molar-refractivity contribution in [2.24, 2.45) is 0 Å². The Kier molecular flexibility index (Phi) is 4.88. The van der Waals surface area contributed by atoms with Crippen LogP contribution in [0.1, 0.15) is 42.1 Å². The Balaban J connectivity index is 2.16. The molecule has 2 rings (SSSR count). The van der Waals surface area contributed by atoms with E-state index in [1.807, 2.05) is 37.3 Å². The van der Waals surface area contributed by atoms with Crippen LogP contribution in [0.15, 0.2) is 54.6 Å². The summed E-state index contributed by atoms with van der Waals surface area (Å²) in [4.78, 5) is 23.8. The molecule has 1 atom stereocenters. The minimum Gasteiger partial charge on any atom is -0.326 e. The second-order valence-electron chi connectivity index (χ2n) is 5.00. The van der Waals surface area contributed by atoms with E-state index in [-0.39, 0.29) is 17.6 Å². The molecule has 0 radical (unpaired) electrons. The molecule has 0 aliphatic rings. The van der Waals surface area contributed by atoms with Crippen molar-refractivity contribution >= 4 is 17.4 Å². The van der Waals surface area contributed by atoms with E-state index >= 15 is 0 Å². The van der Waals surface area contributed by atoms with Crippen LogP contribution in [0.5, 0.6) is 0 Å². The Morgan fingerprint density at radius 1 is 1.05 bits per heavy atom. The van der Waals surface area contributed by atoms with E-state index in [0.717, 1.165) is 12.0 Å². The van der Waals surface area contributed by atoms with Crippen molar-refractivity contribution in [1.82, 2.24) is 0 Å². The normalized spacial score (nSPS) is 11.7. The lowest BCUT2D eigenvalue weighted by atomic mass is 9.95. The number of anilines is 1. The maximum absolute atomic E-state index is 12.4. The van der Waals surface area contributed by atoms with E-state index in [1.165, 1.54) is 6.92 Å². The number of nitrogens with one attached hydrogen (secondary N) is 1. The molecule has 0 spiro atoms. The molecule has 0 saturated carbocycles. The van der Waals surface area contributed by atoms with Gasteiger partial charge >= 0.3 is 0 Å². The molecular weight excluding hydrogens is 262 g/mol. The largest absolute Gasteiger partial charge is 0.326 e. The van der Waals surface area contributed by atoms with Gasteiger partial charge in [0.15, 0.2) is 5.78 Å². The number of carbonyl (C=O) groups excluding carboxylic acids is 2. The zero-order valence-corrected chi connectivity index (χ0v) is 12.3. The van der Waals surface area contributed by atoms with Crippen molar-refractivity contribution in [3.63, 3.8) is 0 Å². The minimum atomic E-state index is -0.188. The Morgan fingerprint density at radius 2 is 1.76 bits per heavy atom. The summed E-state index contributed by atoms with van der Waals surface area (Å²) in [5.74, 6) is -0.252. The van der Waals surface area contributed by atoms with E-state index in [2.05, 4.69) is 5.32 Å². The van der Waals surface area contributed by atoms with Gasteiger partial charge in [-0.2, -0.15) is 0 Å². The van der Waals surface area contributed by atoms with Crippen LogP contribution < -0.4 is 5.32 Å². The second-order valence-corrected chi connectivity index (χ2v) is 5.00. The van der Waals surface area contributed by atoms with Crippen molar-refractivity contribution in [3.8, 4) is 0 Å². The lowest BCUT2D eigenvalue weighted by Gasteiger charge is -2.15. The third-order valence-corrected chi connectivity index (χ3v) is 3.46. The molecule has 0 aliphatic heterocycles. The first-order valence-corrected chi connectivity index (χ1v) is 7.08. The number of ketones is 1. The maximum Gasteiger partial charge on any atom is 0.231 e. The van der Waals surface area contributed by atoms with Gasteiger partial charge in [0, 0.05) is 11.3 Å². The average molecular weight is 281 g/mol. The van der Waals surface area contributed by atoms with E-state index in [0.29, 0.717) is 11.3 Å². The van der Waals surface area contributed by atoms with Crippen LogP contribution in [0, 0.1) is 0 Å². The van der Waals surface area contributed by atoms with E-state index < -0.39 is 0 Å². The van der Waals surface area contributed by atoms with Gasteiger partial charge < -0.3 is 5.32 Å². The fourth-order valence-corrected chi connectivity index (χ4v) is 2.30. The quantitative estimate of drug-likeness (QED) is 0.841. The van der Waals surface area contributed by atoms with E-state index in [1.54, 1.807) is 24.3 Å². The molecule has 1 amide bonds. The van der Waals surface area contributed by atoms with Gasteiger partial charge in [-0.25, -0.2) is 0 Å². The van der Waals surface area contributed by atoms with Crippen molar-refractivity contribution in [2.75, 3.05) is 5.32 Å². The van der Waals surface area contributed by atoms with Crippen LogP contribution in [0.3, 0.4) is 0 Å². The summed E-state index contributed by atoms with van der Waals surface area (Å²) in [5, 5.41) is 2.90. The first-order valence-electron chi connectivity index (χ1n) is 7.08. The van der Waals surface area contributed by atoms with Gasteiger partial charge in [0.05, 0.1) is 5.92 Å². The summed E-state index contributed by atoms with van der Waals surface area (Å²) in [6.45, 7) is 3.50. The lowest BCUT2D eigenvalue weighted by Crippen LogP contribution is -2.20. The monoisotopic (exact) mass is 281 g/mol. The highest BCUT2D eigenvalue weighted by atomic mass is 16.2.